The fraction of sp³-hybridized carbons (Fsp3) is 0.450. The molecular weight excluding hydrogens is 333 g/mol. The molecule has 6 heteroatoms. The Kier molecular flexibility index (Phi) is 4.93. The van der Waals surface area contributed by atoms with E-state index in [1.165, 1.54) is 0 Å². The van der Waals surface area contributed by atoms with Gasteiger partial charge in [0.15, 0.2) is 0 Å². The molecule has 2 aliphatic heterocycles. The first-order valence-electron chi connectivity index (χ1n) is 9.22. The summed E-state index contributed by atoms with van der Waals surface area (Å²) in [6, 6.07) is 13.3. The summed E-state index contributed by atoms with van der Waals surface area (Å²) in [5.74, 6) is 0.708. The summed E-state index contributed by atoms with van der Waals surface area (Å²) in [7, 11) is 0. The third-order valence-corrected chi connectivity index (χ3v) is 5.25. The minimum absolute atomic E-state index is 0.148. The van der Waals surface area contributed by atoms with Crippen molar-refractivity contribution in [2.75, 3.05) is 42.6 Å². The molecule has 3 heterocycles. The van der Waals surface area contributed by atoms with Crippen molar-refractivity contribution in [3.05, 3.63) is 58.4 Å². The molecule has 0 amide bonds. The van der Waals surface area contributed by atoms with Crippen LogP contribution < -0.4 is 15.4 Å². The maximum atomic E-state index is 14.6. The molecule has 2 saturated heterocycles. The molecule has 26 heavy (non-hydrogen) atoms. The summed E-state index contributed by atoms with van der Waals surface area (Å²) < 4.78 is 20.0. The summed E-state index contributed by atoms with van der Waals surface area (Å²) >= 11 is 0. The van der Waals surface area contributed by atoms with Crippen molar-refractivity contribution in [1.82, 2.24) is 4.98 Å². The Bertz CT molecular complexity index is 789. The van der Waals surface area contributed by atoms with Crippen LogP contribution in [0.2, 0.25) is 0 Å². The number of H-pyrrole nitrogens is 1. The molecule has 0 unspecified atom stereocenters. The third kappa shape index (κ3) is 3.60. The summed E-state index contributed by atoms with van der Waals surface area (Å²) in [5, 5.41) is 0. The number of hydrogen-bond acceptors (Lipinski definition) is 4. The second-order valence-electron chi connectivity index (χ2n) is 6.94. The average Bonchev–Trinajstić information content (AvgIpc) is 3.03. The van der Waals surface area contributed by atoms with Crippen LogP contribution in [0.1, 0.15) is 12.0 Å². The Hall–Kier alpha value is -2.34. The normalized spacial score (nSPS) is 23.4. The van der Waals surface area contributed by atoms with Gasteiger partial charge in [0.2, 0.25) is 0 Å². The molecule has 0 aliphatic carbocycles. The highest BCUT2D eigenvalue weighted by atomic mass is 19.1. The zero-order valence-electron chi connectivity index (χ0n) is 14.7. The van der Waals surface area contributed by atoms with Gasteiger partial charge in [0.1, 0.15) is 12.0 Å². The monoisotopic (exact) mass is 357 g/mol. The van der Waals surface area contributed by atoms with Crippen molar-refractivity contribution in [2.24, 2.45) is 0 Å². The van der Waals surface area contributed by atoms with Crippen LogP contribution in [-0.4, -0.2) is 50.0 Å². The molecule has 4 rings (SSSR count). The van der Waals surface area contributed by atoms with Gasteiger partial charge >= 0.3 is 0 Å². The van der Waals surface area contributed by atoms with Gasteiger partial charge in [0.05, 0.1) is 19.3 Å². The second-order valence-corrected chi connectivity index (χ2v) is 6.94. The van der Waals surface area contributed by atoms with Crippen molar-refractivity contribution in [3.63, 3.8) is 0 Å². The minimum Gasteiger partial charge on any atom is -0.378 e. The van der Waals surface area contributed by atoms with Gasteiger partial charge < -0.3 is 19.5 Å². The zero-order chi connectivity index (χ0) is 17.9. The van der Waals surface area contributed by atoms with Crippen LogP contribution in [0.4, 0.5) is 15.9 Å². The van der Waals surface area contributed by atoms with Gasteiger partial charge in [-0.05, 0) is 18.4 Å². The number of nitrogens with one attached hydrogen (secondary N) is 1. The second kappa shape index (κ2) is 7.50. The molecule has 2 aliphatic rings. The molecule has 0 spiro atoms. The first-order valence-corrected chi connectivity index (χ1v) is 9.22. The standard InChI is InChI=1S/C20H24FN3O2/c21-17-6-7-24(18(17)12-15-4-2-1-3-5-15)19-13-16(14-20(25)22-19)23-8-10-26-11-9-23/h1-5,13-14,17-18H,6-12H2,(H,22,25)/t17-,18+/m1/s1. The van der Waals surface area contributed by atoms with E-state index in [0.29, 0.717) is 38.4 Å². The number of rotatable bonds is 4. The van der Waals surface area contributed by atoms with E-state index in [1.54, 1.807) is 6.07 Å². The molecule has 5 nitrogen and oxygen atoms in total. The number of benzene rings is 1. The number of aromatic nitrogens is 1. The van der Waals surface area contributed by atoms with Crippen molar-refractivity contribution in [3.8, 4) is 0 Å². The number of morpholine rings is 1. The lowest BCUT2D eigenvalue weighted by atomic mass is 10.0. The quantitative estimate of drug-likeness (QED) is 0.913. The molecule has 0 radical (unpaired) electrons. The number of alkyl halides is 1. The fourth-order valence-electron chi connectivity index (χ4n) is 3.88. The zero-order valence-corrected chi connectivity index (χ0v) is 14.7. The number of nitrogens with zero attached hydrogens (tertiary/aromatic N) is 2. The van der Waals surface area contributed by atoms with Crippen molar-refractivity contribution in [1.29, 1.82) is 0 Å². The van der Waals surface area contributed by atoms with E-state index in [4.69, 9.17) is 4.74 Å². The van der Waals surface area contributed by atoms with Gasteiger partial charge in [-0.25, -0.2) is 4.39 Å². The minimum atomic E-state index is -0.897. The Morgan fingerprint density at radius 3 is 2.65 bits per heavy atom. The first kappa shape index (κ1) is 17.1. The highest BCUT2D eigenvalue weighted by Gasteiger charge is 2.35. The van der Waals surface area contributed by atoms with Gasteiger partial charge in [0, 0.05) is 37.5 Å². The van der Waals surface area contributed by atoms with E-state index < -0.39 is 6.17 Å². The van der Waals surface area contributed by atoms with Gasteiger partial charge in [-0.15, -0.1) is 0 Å². The van der Waals surface area contributed by atoms with E-state index in [2.05, 4.69) is 9.88 Å². The molecule has 0 bridgehead atoms. The summed E-state index contributed by atoms with van der Waals surface area (Å²) in [4.78, 5) is 19.3. The van der Waals surface area contributed by atoms with Gasteiger partial charge in [-0.3, -0.25) is 4.79 Å². The topological polar surface area (TPSA) is 48.6 Å². The first-order chi connectivity index (χ1) is 12.7. The summed E-state index contributed by atoms with van der Waals surface area (Å²) in [6.07, 6.45) is 0.221. The van der Waals surface area contributed by atoms with Crippen molar-refractivity contribution in [2.45, 2.75) is 25.1 Å². The third-order valence-electron chi connectivity index (χ3n) is 5.25. The van der Waals surface area contributed by atoms with E-state index in [0.717, 1.165) is 24.3 Å². The van der Waals surface area contributed by atoms with Gasteiger partial charge in [-0.1, -0.05) is 30.3 Å². The molecule has 2 atom stereocenters. The van der Waals surface area contributed by atoms with Crippen LogP contribution in [-0.2, 0) is 11.2 Å². The number of ether oxygens (including phenoxy) is 1. The maximum absolute atomic E-state index is 14.6. The molecule has 2 fully saturated rings. The summed E-state index contributed by atoms with van der Waals surface area (Å²) in [6.45, 7) is 3.47. The lowest BCUT2D eigenvalue weighted by molar-refractivity contribution is 0.122. The van der Waals surface area contributed by atoms with Crippen molar-refractivity contribution >= 4 is 11.5 Å². The summed E-state index contributed by atoms with van der Waals surface area (Å²) in [5.41, 5.74) is 1.84. The lowest BCUT2D eigenvalue weighted by Gasteiger charge is -2.31. The van der Waals surface area contributed by atoms with Gasteiger partial charge in [0.25, 0.3) is 5.56 Å². The predicted octanol–water partition coefficient (Wildman–Crippen LogP) is 2.37. The maximum Gasteiger partial charge on any atom is 0.251 e. The molecular formula is C20H24FN3O2. The van der Waals surface area contributed by atoms with Crippen LogP contribution >= 0.6 is 0 Å². The SMILES string of the molecule is O=c1cc(N2CCOCC2)cc(N2CC[C@@H](F)[C@@H]2Cc2ccccc2)[nH]1. The van der Waals surface area contributed by atoms with Gasteiger partial charge in [-0.2, -0.15) is 0 Å². The molecule has 1 aromatic heterocycles. The lowest BCUT2D eigenvalue weighted by Crippen LogP contribution is -2.39. The van der Waals surface area contributed by atoms with Crippen LogP contribution in [0.25, 0.3) is 0 Å². The van der Waals surface area contributed by atoms with Crippen LogP contribution in [0.3, 0.4) is 0 Å². The Morgan fingerprint density at radius 1 is 1.12 bits per heavy atom. The highest BCUT2D eigenvalue weighted by molar-refractivity contribution is 5.56. The van der Waals surface area contributed by atoms with Crippen LogP contribution in [0.15, 0.2) is 47.3 Å². The van der Waals surface area contributed by atoms with E-state index in [-0.39, 0.29) is 11.6 Å². The van der Waals surface area contributed by atoms with E-state index in [9.17, 15) is 9.18 Å². The Morgan fingerprint density at radius 2 is 1.88 bits per heavy atom. The number of halogens is 1. The highest BCUT2D eigenvalue weighted by Crippen LogP contribution is 2.30. The predicted molar refractivity (Wildman–Crippen MR) is 101 cm³/mol. The molecule has 2 aromatic rings. The molecule has 138 valence electrons. The average molecular weight is 357 g/mol. The van der Waals surface area contributed by atoms with Crippen molar-refractivity contribution < 1.29 is 9.13 Å². The van der Waals surface area contributed by atoms with E-state index >= 15 is 0 Å². The number of hydrogen-bond donors (Lipinski definition) is 1. The van der Waals surface area contributed by atoms with E-state index in [1.807, 2.05) is 41.3 Å². The van der Waals surface area contributed by atoms with Crippen LogP contribution in [0, 0.1) is 0 Å². The smallest absolute Gasteiger partial charge is 0.251 e. The van der Waals surface area contributed by atoms with Crippen LogP contribution in [0.5, 0.6) is 0 Å². The Balaban J connectivity index is 1.60. The molecule has 0 saturated carbocycles. The molecule has 1 aromatic carbocycles. The largest absolute Gasteiger partial charge is 0.378 e. The number of pyridine rings is 1. The number of aromatic amines is 1. The fourth-order valence-corrected chi connectivity index (χ4v) is 3.88. The Labute approximate surface area is 152 Å². The molecule has 1 N–H and O–H groups in total. The number of anilines is 2.